The zero-order valence-corrected chi connectivity index (χ0v) is 11.3. The molecule has 104 valence electrons. The molecule has 2 rings (SSSR count). The molecule has 19 heavy (non-hydrogen) atoms. The molecule has 7 heteroatoms. The van der Waals surface area contributed by atoms with Crippen LogP contribution in [0, 0.1) is 0 Å². The van der Waals surface area contributed by atoms with Crippen LogP contribution in [0.15, 0.2) is 12.3 Å². The largest absolute Gasteiger partial charge is 0.504 e. The zero-order valence-electron chi connectivity index (χ0n) is 11.3. The van der Waals surface area contributed by atoms with Crippen molar-refractivity contribution in [3.8, 4) is 5.75 Å². The lowest BCUT2D eigenvalue weighted by atomic mass is 9.81. The van der Waals surface area contributed by atoms with Crippen LogP contribution in [0.4, 0.5) is 5.82 Å². The zero-order chi connectivity index (χ0) is 14.0. The molecule has 1 aliphatic rings. The van der Waals surface area contributed by atoms with Crippen molar-refractivity contribution < 1.29 is 15.2 Å². The van der Waals surface area contributed by atoms with E-state index in [0.717, 1.165) is 25.9 Å². The standard InChI is InChI=1S/C12H20BN3O3/c1-15(2)10-3-5-16(6-4-10)12-11(17)7-9(8-14-12)13(18)19/h7-8,10,17-19H,3-6H2,1-2H3. The molecule has 0 aromatic carbocycles. The van der Waals surface area contributed by atoms with Gasteiger partial charge in [-0.2, -0.15) is 0 Å². The van der Waals surface area contributed by atoms with Gasteiger partial charge in [-0.05, 0) is 33.0 Å². The van der Waals surface area contributed by atoms with Gasteiger partial charge >= 0.3 is 7.12 Å². The molecule has 0 radical (unpaired) electrons. The summed E-state index contributed by atoms with van der Waals surface area (Å²) in [6.45, 7) is 1.68. The second-order valence-electron chi connectivity index (χ2n) is 5.17. The van der Waals surface area contributed by atoms with Gasteiger partial charge in [-0.1, -0.05) is 0 Å². The van der Waals surface area contributed by atoms with Gasteiger partial charge in [0.2, 0.25) is 0 Å². The normalized spacial score (nSPS) is 17.0. The smallest absolute Gasteiger partial charge is 0.490 e. The lowest BCUT2D eigenvalue weighted by Gasteiger charge is -2.36. The van der Waals surface area contributed by atoms with Crippen LogP contribution >= 0.6 is 0 Å². The van der Waals surface area contributed by atoms with Crippen molar-refractivity contribution >= 4 is 18.4 Å². The van der Waals surface area contributed by atoms with Gasteiger partial charge in [0.05, 0.1) is 0 Å². The fourth-order valence-electron chi connectivity index (χ4n) is 2.44. The van der Waals surface area contributed by atoms with E-state index in [4.69, 9.17) is 10.0 Å². The summed E-state index contributed by atoms with van der Waals surface area (Å²) in [6, 6.07) is 1.92. The summed E-state index contributed by atoms with van der Waals surface area (Å²) in [5.41, 5.74) is 0.199. The monoisotopic (exact) mass is 265 g/mol. The molecule has 0 spiro atoms. The molecule has 1 fully saturated rings. The Kier molecular flexibility index (Phi) is 4.29. The van der Waals surface area contributed by atoms with Crippen molar-refractivity contribution in [2.75, 3.05) is 32.1 Å². The number of nitrogens with zero attached hydrogens (tertiary/aromatic N) is 3. The number of hydrogen-bond donors (Lipinski definition) is 3. The van der Waals surface area contributed by atoms with Crippen LogP contribution in [0.1, 0.15) is 12.8 Å². The highest BCUT2D eigenvalue weighted by atomic mass is 16.4. The molecule has 3 N–H and O–H groups in total. The molecule has 0 saturated carbocycles. The fraction of sp³-hybridized carbons (Fsp3) is 0.583. The van der Waals surface area contributed by atoms with E-state index in [1.165, 1.54) is 12.3 Å². The Hall–Kier alpha value is -1.31. The third kappa shape index (κ3) is 3.18. The Morgan fingerprint density at radius 3 is 2.42 bits per heavy atom. The van der Waals surface area contributed by atoms with E-state index < -0.39 is 7.12 Å². The highest BCUT2D eigenvalue weighted by Gasteiger charge is 2.24. The van der Waals surface area contributed by atoms with Crippen molar-refractivity contribution in [3.63, 3.8) is 0 Å². The number of piperidine rings is 1. The lowest BCUT2D eigenvalue weighted by molar-refractivity contribution is 0.249. The van der Waals surface area contributed by atoms with Crippen LogP contribution in [0.3, 0.4) is 0 Å². The van der Waals surface area contributed by atoms with E-state index in [0.29, 0.717) is 11.9 Å². The summed E-state index contributed by atoms with van der Waals surface area (Å²) in [4.78, 5) is 8.38. The van der Waals surface area contributed by atoms with Crippen LogP contribution in [-0.2, 0) is 0 Å². The predicted octanol–water partition coefficient (Wildman–Crippen LogP) is -1.00. The molecule has 1 aromatic heterocycles. The molecule has 0 amide bonds. The summed E-state index contributed by atoms with van der Waals surface area (Å²) in [7, 11) is 2.55. The van der Waals surface area contributed by atoms with Gasteiger partial charge in [0.1, 0.15) is 0 Å². The maximum absolute atomic E-state index is 9.93. The molecule has 2 heterocycles. The Bertz CT molecular complexity index is 434. The summed E-state index contributed by atoms with van der Waals surface area (Å²) in [5, 5.41) is 28.0. The van der Waals surface area contributed by atoms with Crippen molar-refractivity contribution in [3.05, 3.63) is 12.3 Å². The number of aromatic hydroxyl groups is 1. The summed E-state index contributed by atoms with van der Waals surface area (Å²) >= 11 is 0. The maximum Gasteiger partial charge on any atom is 0.490 e. The molecule has 1 aliphatic heterocycles. The van der Waals surface area contributed by atoms with E-state index in [1.54, 1.807) is 0 Å². The molecule has 6 nitrogen and oxygen atoms in total. The van der Waals surface area contributed by atoms with Gasteiger partial charge in [0.15, 0.2) is 11.6 Å². The van der Waals surface area contributed by atoms with Crippen molar-refractivity contribution in [1.29, 1.82) is 0 Å². The molecule has 1 aromatic rings. The van der Waals surface area contributed by atoms with E-state index in [1.807, 2.05) is 4.90 Å². The van der Waals surface area contributed by atoms with Crippen molar-refractivity contribution in [2.45, 2.75) is 18.9 Å². The van der Waals surface area contributed by atoms with Gasteiger partial charge < -0.3 is 25.0 Å². The Morgan fingerprint density at radius 2 is 1.95 bits per heavy atom. The van der Waals surface area contributed by atoms with E-state index in [2.05, 4.69) is 24.0 Å². The Morgan fingerprint density at radius 1 is 1.32 bits per heavy atom. The van der Waals surface area contributed by atoms with Crippen LogP contribution < -0.4 is 10.4 Å². The van der Waals surface area contributed by atoms with E-state index in [9.17, 15) is 5.11 Å². The fourth-order valence-corrected chi connectivity index (χ4v) is 2.44. The second kappa shape index (κ2) is 5.77. The first-order valence-corrected chi connectivity index (χ1v) is 6.45. The molecule has 1 saturated heterocycles. The molecule has 0 unspecified atom stereocenters. The number of anilines is 1. The lowest BCUT2D eigenvalue weighted by Crippen LogP contribution is -2.42. The molecular formula is C12H20BN3O3. The molecule has 0 atom stereocenters. The summed E-state index contributed by atoms with van der Waals surface area (Å²) in [5.74, 6) is 0.510. The minimum absolute atomic E-state index is 0.00565. The SMILES string of the molecule is CN(C)C1CCN(c2ncc(B(O)O)cc2O)CC1. The summed E-state index contributed by atoms with van der Waals surface area (Å²) in [6.07, 6.45) is 3.44. The molecule has 0 bridgehead atoms. The number of pyridine rings is 1. The van der Waals surface area contributed by atoms with Crippen LogP contribution in [0.5, 0.6) is 5.75 Å². The van der Waals surface area contributed by atoms with Gasteiger partial charge in [-0.15, -0.1) is 0 Å². The first kappa shape index (κ1) is 14.1. The number of rotatable bonds is 3. The first-order chi connectivity index (χ1) is 8.99. The third-order valence-corrected chi connectivity index (χ3v) is 3.66. The van der Waals surface area contributed by atoms with Crippen molar-refractivity contribution in [2.24, 2.45) is 0 Å². The van der Waals surface area contributed by atoms with Crippen LogP contribution in [-0.4, -0.2) is 65.4 Å². The van der Waals surface area contributed by atoms with Gasteiger partial charge in [0, 0.05) is 30.8 Å². The van der Waals surface area contributed by atoms with Crippen LogP contribution in [0.2, 0.25) is 0 Å². The average Bonchev–Trinajstić information content (AvgIpc) is 2.38. The Balaban J connectivity index is 2.07. The van der Waals surface area contributed by atoms with Gasteiger partial charge in [-0.25, -0.2) is 4.98 Å². The number of hydrogen-bond acceptors (Lipinski definition) is 6. The average molecular weight is 265 g/mol. The minimum atomic E-state index is -1.60. The molecule has 0 aliphatic carbocycles. The van der Waals surface area contributed by atoms with E-state index >= 15 is 0 Å². The van der Waals surface area contributed by atoms with Gasteiger partial charge in [-0.3, -0.25) is 0 Å². The third-order valence-electron chi connectivity index (χ3n) is 3.66. The van der Waals surface area contributed by atoms with Crippen LogP contribution in [0.25, 0.3) is 0 Å². The quantitative estimate of drug-likeness (QED) is 0.608. The Labute approximate surface area is 113 Å². The second-order valence-corrected chi connectivity index (χ2v) is 5.17. The topological polar surface area (TPSA) is 80.1 Å². The predicted molar refractivity (Wildman–Crippen MR) is 74.6 cm³/mol. The minimum Gasteiger partial charge on any atom is -0.504 e. The number of aromatic nitrogens is 1. The van der Waals surface area contributed by atoms with Gasteiger partial charge in [0.25, 0.3) is 0 Å². The summed E-state index contributed by atoms with van der Waals surface area (Å²) < 4.78 is 0. The highest BCUT2D eigenvalue weighted by Crippen LogP contribution is 2.26. The maximum atomic E-state index is 9.93. The highest BCUT2D eigenvalue weighted by molar-refractivity contribution is 6.58. The first-order valence-electron chi connectivity index (χ1n) is 6.45. The molecular weight excluding hydrogens is 245 g/mol. The van der Waals surface area contributed by atoms with E-state index in [-0.39, 0.29) is 11.2 Å². The van der Waals surface area contributed by atoms with Crippen molar-refractivity contribution in [1.82, 2.24) is 9.88 Å².